The van der Waals surface area contributed by atoms with Crippen molar-refractivity contribution in [2.24, 2.45) is 0 Å². The van der Waals surface area contributed by atoms with Crippen LogP contribution >= 0.6 is 22.9 Å². The quantitative estimate of drug-likeness (QED) is 0.430. The lowest BCUT2D eigenvalue weighted by atomic mass is 10.3. The van der Waals surface area contributed by atoms with E-state index in [-0.39, 0.29) is 5.76 Å². The zero-order chi connectivity index (χ0) is 20.4. The van der Waals surface area contributed by atoms with Gasteiger partial charge in [0.25, 0.3) is 5.91 Å². The first-order valence-electron chi connectivity index (χ1n) is 8.93. The number of ether oxygens (including phenoxy) is 1. The highest BCUT2D eigenvalue weighted by Gasteiger charge is 2.27. The van der Waals surface area contributed by atoms with Gasteiger partial charge in [-0.15, -0.1) is 0 Å². The summed E-state index contributed by atoms with van der Waals surface area (Å²) < 4.78 is 11.3. The summed E-state index contributed by atoms with van der Waals surface area (Å²) >= 11 is 7.40. The molecule has 1 saturated heterocycles. The van der Waals surface area contributed by atoms with Gasteiger partial charge >= 0.3 is 5.88 Å². The number of morpholine rings is 1. The van der Waals surface area contributed by atoms with Crippen LogP contribution < -0.4 is 4.90 Å². The summed E-state index contributed by atoms with van der Waals surface area (Å²) in [7, 11) is 0. The van der Waals surface area contributed by atoms with Crippen molar-refractivity contribution in [1.29, 1.82) is 0 Å². The summed E-state index contributed by atoms with van der Waals surface area (Å²) in [5, 5.41) is 12.0. The number of carbonyl (C=O) groups excluding carboxylic acids is 1. The maximum Gasteiger partial charge on any atom is 0.433 e. The van der Waals surface area contributed by atoms with Gasteiger partial charge in [0.15, 0.2) is 10.9 Å². The average Bonchev–Trinajstić information content (AvgIpc) is 3.36. The summed E-state index contributed by atoms with van der Waals surface area (Å²) in [6, 6.07) is 7.81. The summed E-state index contributed by atoms with van der Waals surface area (Å²) in [5.41, 5.74) is 0.726. The summed E-state index contributed by atoms with van der Waals surface area (Å²) in [4.78, 5) is 31.6. The van der Waals surface area contributed by atoms with Crippen LogP contribution in [0.2, 0.25) is 5.02 Å². The maximum atomic E-state index is 13.1. The van der Waals surface area contributed by atoms with Crippen molar-refractivity contribution < 1.29 is 18.9 Å². The third kappa shape index (κ3) is 4.40. The van der Waals surface area contributed by atoms with Crippen LogP contribution in [-0.2, 0) is 4.74 Å². The van der Waals surface area contributed by atoms with Gasteiger partial charge in [-0.25, -0.2) is 4.98 Å². The van der Waals surface area contributed by atoms with Crippen molar-refractivity contribution in [2.45, 2.75) is 0 Å². The Balaban J connectivity index is 1.62. The number of furan rings is 1. The lowest BCUT2D eigenvalue weighted by molar-refractivity contribution is -0.402. The first-order chi connectivity index (χ1) is 14.0. The minimum atomic E-state index is -0.672. The minimum absolute atomic E-state index is 0.101. The van der Waals surface area contributed by atoms with Crippen molar-refractivity contribution in [3.63, 3.8) is 0 Å². The third-order valence-corrected chi connectivity index (χ3v) is 5.82. The Labute approximate surface area is 174 Å². The largest absolute Gasteiger partial charge is 0.433 e. The Morgan fingerprint density at radius 2 is 2.10 bits per heavy atom. The van der Waals surface area contributed by atoms with E-state index in [0.29, 0.717) is 36.5 Å². The molecule has 1 aliphatic rings. The van der Waals surface area contributed by atoms with Gasteiger partial charge in [0, 0.05) is 31.2 Å². The third-order valence-electron chi connectivity index (χ3n) is 4.54. The van der Waals surface area contributed by atoms with Crippen molar-refractivity contribution in [2.75, 3.05) is 44.3 Å². The number of hydrogen-bond acceptors (Lipinski definition) is 8. The first-order valence-corrected chi connectivity index (χ1v) is 10.1. The van der Waals surface area contributed by atoms with Crippen LogP contribution in [-0.4, -0.2) is 60.1 Å². The Morgan fingerprint density at radius 1 is 1.31 bits per heavy atom. The van der Waals surface area contributed by atoms with E-state index in [1.54, 1.807) is 18.2 Å². The van der Waals surface area contributed by atoms with E-state index in [1.165, 1.54) is 28.4 Å². The molecule has 152 valence electrons. The topological polar surface area (TPSA) is 102 Å². The highest BCUT2D eigenvalue weighted by Crippen LogP contribution is 2.32. The molecule has 2 aromatic heterocycles. The van der Waals surface area contributed by atoms with Crippen LogP contribution in [0.1, 0.15) is 10.6 Å². The highest BCUT2D eigenvalue weighted by atomic mass is 35.5. The average molecular weight is 437 g/mol. The van der Waals surface area contributed by atoms with Gasteiger partial charge in [0.2, 0.25) is 0 Å². The van der Waals surface area contributed by atoms with Gasteiger partial charge in [0.05, 0.1) is 29.5 Å². The number of anilines is 1. The zero-order valence-corrected chi connectivity index (χ0v) is 16.8. The molecular formula is C18H17ClN4O5S. The Hall–Kier alpha value is -2.53. The number of carbonyl (C=O) groups is 1. The van der Waals surface area contributed by atoms with Crippen molar-refractivity contribution in [3.8, 4) is 0 Å². The molecule has 1 amide bonds. The SMILES string of the molecule is O=C(c1ccc([N+](=O)[O-])o1)N(CCN1CCOCC1)c1nc2ccc(Cl)cc2s1. The second-order valence-corrected chi connectivity index (χ2v) is 7.86. The number of halogens is 1. The number of thiazole rings is 1. The number of benzene rings is 1. The second kappa shape index (κ2) is 8.46. The molecule has 0 radical (unpaired) electrons. The standard InChI is InChI=1S/C18H17ClN4O5S/c19-12-1-2-13-15(11-12)29-18(20-13)22(6-5-21-7-9-27-10-8-21)17(24)14-3-4-16(28-14)23(25)26/h1-4,11H,5-10H2. The Bertz CT molecular complexity index is 1050. The molecule has 1 aromatic carbocycles. The molecule has 0 aliphatic carbocycles. The van der Waals surface area contributed by atoms with Gasteiger partial charge in [-0.1, -0.05) is 22.9 Å². The van der Waals surface area contributed by atoms with Crippen LogP contribution in [0.15, 0.2) is 34.7 Å². The van der Waals surface area contributed by atoms with Gasteiger partial charge in [0.1, 0.15) is 4.92 Å². The second-order valence-electron chi connectivity index (χ2n) is 6.41. The minimum Gasteiger partial charge on any atom is -0.395 e. The number of fused-ring (bicyclic) bond motifs is 1. The number of aromatic nitrogens is 1. The molecule has 0 unspecified atom stereocenters. The van der Waals surface area contributed by atoms with E-state index in [1.807, 2.05) is 0 Å². The van der Waals surface area contributed by atoms with E-state index < -0.39 is 16.7 Å². The fourth-order valence-corrected chi connectivity index (χ4v) is 4.29. The number of hydrogen-bond donors (Lipinski definition) is 0. The molecule has 29 heavy (non-hydrogen) atoms. The van der Waals surface area contributed by atoms with Crippen LogP contribution in [0.3, 0.4) is 0 Å². The lowest BCUT2D eigenvalue weighted by Crippen LogP contribution is -2.43. The van der Waals surface area contributed by atoms with Gasteiger partial charge in [-0.05, 0) is 24.3 Å². The van der Waals surface area contributed by atoms with E-state index in [9.17, 15) is 14.9 Å². The molecule has 0 saturated carbocycles. The summed E-state index contributed by atoms with van der Waals surface area (Å²) in [5.74, 6) is -1.05. The smallest absolute Gasteiger partial charge is 0.395 e. The first kappa shape index (κ1) is 19.8. The summed E-state index contributed by atoms with van der Waals surface area (Å²) in [6.45, 7) is 3.85. The molecule has 3 heterocycles. The molecule has 0 atom stereocenters. The molecule has 0 spiro atoms. The van der Waals surface area contributed by atoms with E-state index in [2.05, 4.69) is 9.88 Å². The van der Waals surface area contributed by atoms with Crippen LogP contribution in [0, 0.1) is 10.1 Å². The predicted octanol–water partition coefficient (Wildman–Crippen LogP) is 3.43. The van der Waals surface area contributed by atoms with Crippen molar-refractivity contribution in [1.82, 2.24) is 9.88 Å². The maximum absolute atomic E-state index is 13.1. The van der Waals surface area contributed by atoms with Gasteiger partial charge in [-0.3, -0.25) is 24.7 Å². The van der Waals surface area contributed by atoms with Crippen LogP contribution in [0.5, 0.6) is 0 Å². The van der Waals surface area contributed by atoms with E-state index >= 15 is 0 Å². The number of amides is 1. The predicted molar refractivity (Wildman–Crippen MR) is 109 cm³/mol. The summed E-state index contributed by atoms with van der Waals surface area (Å²) in [6.07, 6.45) is 0. The molecule has 0 bridgehead atoms. The van der Waals surface area contributed by atoms with Crippen LogP contribution in [0.4, 0.5) is 11.0 Å². The van der Waals surface area contributed by atoms with E-state index in [0.717, 1.165) is 23.3 Å². The van der Waals surface area contributed by atoms with Crippen molar-refractivity contribution >= 4 is 50.1 Å². The number of rotatable bonds is 6. The molecular weight excluding hydrogens is 420 g/mol. The molecule has 11 heteroatoms. The normalized spacial score (nSPS) is 14.9. The molecule has 0 N–H and O–H groups in total. The monoisotopic (exact) mass is 436 g/mol. The molecule has 4 rings (SSSR count). The highest BCUT2D eigenvalue weighted by molar-refractivity contribution is 7.22. The fraction of sp³-hybridized carbons (Fsp3) is 0.333. The van der Waals surface area contributed by atoms with Gasteiger partial charge < -0.3 is 9.15 Å². The molecule has 1 aliphatic heterocycles. The fourth-order valence-electron chi connectivity index (χ4n) is 3.03. The number of nitrogens with zero attached hydrogens (tertiary/aromatic N) is 4. The lowest BCUT2D eigenvalue weighted by Gasteiger charge is -2.28. The van der Waals surface area contributed by atoms with Crippen molar-refractivity contribution in [3.05, 3.63) is 51.2 Å². The number of nitro groups is 1. The Kier molecular flexibility index (Phi) is 5.76. The Morgan fingerprint density at radius 3 is 2.83 bits per heavy atom. The van der Waals surface area contributed by atoms with Crippen LogP contribution in [0.25, 0.3) is 10.2 Å². The molecule has 3 aromatic rings. The molecule has 1 fully saturated rings. The molecule has 9 nitrogen and oxygen atoms in total. The zero-order valence-electron chi connectivity index (χ0n) is 15.2. The van der Waals surface area contributed by atoms with E-state index in [4.69, 9.17) is 20.8 Å². The van der Waals surface area contributed by atoms with Gasteiger partial charge in [-0.2, -0.15) is 0 Å².